The monoisotopic (exact) mass is 342 g/mol. The van der Waals surface area contributed by atoms with Crippen molar-refractivity contribution in [2.24, 2.45) is 0 Å². The summed E-state index contributed by atoms with van der Waals surface area (Å²) in [5, 5.41) is -0.141. The molecule has 0 aromatic heterocycles. The Morgan fingerprint density at radius 1 is 0.833 bits per heavy atom. The average molecular weight is 344 g/mol. The summed E-state index contributed by atoms with van der Waals surface area (Å²) in [6, 6.07) is 18.1. The van der Waals surface area contributed by atoms with E-state index in [2.05, 4.69) is 15.9 Å². The molecule has 0 fully saturated rings. The zero-order chi connectivity index (χ0) is 13.0. The third-order valence-corrected chi connectivity index (χ3v) is 4.14. The fraction of sp³-hybridized carbons (Fsp3) is 0.200. The third kappa shape index (κ3) is 3.74. The van der Waals surface area contributed by atoms with E-state index in [4.69, 9.17) is 23.2 Å². The van der Waals surface area contributed by atoms with Gasteiger partial charge in [0.2, 0.25) is 0 Å². The molecule has 18 heavy (non-hydrogen) atoms. The topological polar surface area (TPSA) is 0 Å². The summed E-state index contributed by atoms with van der Waals surface area (Å²) in [6.45, 7) is 0. The van der Waals surface area contributed by atoms with Crippen LogP contribution in [0.5, 0.6) is 0 Å². The summed E-state index contributed by atoms with van der Waals surface area (Å²) < 4.78 is 1.04. The van der Waals surface area contributed by atoms with Crippen molar-refractivity contribution in [1.82, 2.24) is 0 Å². The van der Waals surface area contributed by atoms with E-state index in [0.29, 0.717) is 6.42 Å². The molecular weight excluding hydrogens is 331 g/mol. The van der Waals surface area contributed by atoms with E-state index in [1.807, 2.05) is 54.6 Å². The van der Waals surface area contributed by atoms with Crippen molar-refractivity contribution in [3.8, 4) is 0 Å². The van der Waals surface area contributed by atoms with E-state index in [-0.39, 0.29) is 10.8 Å². The lowest BCUT2D eigenvalue weighted by Gasteiger charge is -2.15. The average Bonchev–Trinajstić information content (AvgIpc) is 2.39. The van der Waals surface area contributed by atoms with Crippen molar-refractivity contribution in [3.05, 3.63) is 70.2 Å². The Morgan fingerprint density at radius 3 is 2.11 bits per heavy atom. The second-order valence-electron chi connectivity index (χ2n) is 4.14. The van der Waals surface area contributed by atoms with Crippen LogP contribution >= 0.6 is 39.1 Å². The van der Waals surface area contributed by atoms with Gasteiger partial charge in [-0.05, 0) is 29.7 Å². The van der Waals surface area contributed by atoms with Crippen LogP contribution in [-0.2, 0) is 0 Å². The molecule has 2 aromatic rings. The second-order valence-corrected chi connectivity index (χ2v) is 6.11. The highest BCUT2D eigenvalue weighted by Gasteiger charge is 2.15. The lowest BCUT2D eigenvalue weighted by Crippen LogP contribution is -1.97. The summed E-state index contributed by atoms with van der Waals surface area (Å²) in [6.07, 6.45) is 0.712. The summed E-state index contributed by atoms with van der Waals surface area (Å²) in [5.41, 5.74) is 2.20. The van der Waals surface area contributed by atoms with Crippen LogP contribution in [0.4, 0.5) is 0 Å². The maximum absolute atomic E-state index is 6.42. The van der Waals surface area contributed by atoms with Gasteiger partial charge in [-0.1, -0.05) is 58.4 Å². The van der Waals surface area contributed by atoms with E-state index >= 15 is 0 Å². The number of rotatable bonds is 4. The van der Waals surface area contributed by atoms with Crippen molar-refractivity contribution in [2.45, 2.75) is 17.2 Å². The zero-order valence-electron chi connectivity index (χ0n) is 9.69. The molecule has 0 nitrogen and oxygen atoms in total. The molecule has 94 valence electrons. The van der Waals surface area contributed by atoms with Crippen LogP contribution in [0.1, 0.15) is 28.3 Å². The first-order chi connectivity index (χ1) is 8.66. The maximum Gasteiger partial charge on any atom is 0.0602 e. The Labute approximate surface area is 126 Å². The Kier molecular flexibility index (Phi) is 5.11. The van der Waals surface area contributed by atoms with Crippen LogP contribution in [0.15, 0.2) is 59.1 Å². The van der Waals surface area contributed by atoms with Gasteiger partial charge in [-0.15, -0.1) is 23.2 Å². The quantitative estimate of drug-likeness (QED) is 0.588. The van der Waals surface area contributed by atoms with Crippen molar-refractivity contribution < 1.29 is 0 Å². The SMILES string of the molecule is ClC(CC(Cl)c1cccc(Br)c1)c1ccccc1. The molecule has 0 saturated heterocycles. The highest BCUT2D eigenvalue weighted by Crippen LogP contribution is 2.35. The molecule has 0 radical (unpaired) electrons. The lowest BCUT2D eigenvalue weighted by atomic mass is 10.0. The standard InChI is InChI=1S/C15H13BrCl2/c16-13-8-4-7-12(9-13)15(18)10-14(17)11-5-2-1-3-6-11/h1-9,14-15H,10H2. The third-order valence-electron chi connectivity index (χ3n) is 2.79. The minimum Gasteiger partial charge on any atom is -0.118 e. The lowest BCUT2D eigenvalue weighted by molar-refractivity contribution is 0.768. The van der Waals surface area contributed by atoms with Gasteiger partial charge in [0, 0.05) is 4.47 Å². The van der Waals surface area contributed by atoms with E-state index in [0.717, 1.165) is 15.6 Å². The van der Waals surface area contributed by atoms with Gasteiger partial charge < -0.3 is 0 Å². The van der Waals surface area contributed by atoms with Gasteiger partial charge in [-0.3, -0.25) is 0 Å². The predicted octanol–water partition coefficient (Wildman–Crippen LogP) is 6.10. The van der Waals surface area contributed by atoms with Crippen molar-refractivity contribution in [2.75, 3.05) is 0 Å². The van der Waals surface area contributed by atoms with Gasteiger partial charge in [0.05, 0.1) is 10.8 Å². The van der Waals surface area contributed by atoms with Gasteiger partial charge in [-0.2, -0.15) is 0 Å². The fourth-order valence-corrected chi connectivity index (χ4v) is 2.96. The van der Waals surface area contributed by atoms with E-state index in [1.165, 1.54) is 0 Å². The fourth-order valence-electron chi connectivity index (χ4n) is 1.82. The van der Waals surface area contributed by atoms with Gasteiger partial charge >= 0.3 is 0 Å². The molecule has 0 bridgehead atoms. The summed E-state index contributed by atoms with van der Waals surface area (Å²) in [7, 11) is 0. The summed E-state index contributed by atoms with van der Waals surface area (Å²) in [5.74, 6) is 0. The van der Waals surface area contributed by atoms with Crippen LogP contribution in [-0.4, -0.2) is 0 Å². The molecule has 3 heteroatoms. The van der Waals surface area contributed by atoms with E-state index in [9.17, 15) is 0 Å². The van der Waals surface area contributed by atoms with Crippen LogP contribution in [0.25, 0.3) is 0 Å². The number of alkyl halides is 2. The number of benzene rings is 2. The first-order valence-corrected chi connectivity index (χ1v) is 7.42. The molecule has 2 atom stereocenters. The van der Waals surface area contributed by atoms with Crippen LogP contribution in [0, 0.1) is 0 Å². The Bertz CT molecular complexity index is 499. The van der Waals surface area contributed by atoms with E-state index < -0.39 is 0 Å². The van der Waals surface area contributed by atoms with Gasteiger partial charge in [0.15, 0.2) is 0 Å². The molecule has 0 aliphatic carbocycles. The molecule has 0 aliphatic rings. The van der Waals surface area contributed by atoms with E-state index in [1.54, 1.807) is 0 Å². The molecule has 0 heterocycles. The summed E-state index contributed by atoms with van der Waals surface area (Å²) in [4.78, 5) is 0. The molecular formula is C15H13BrCl2. The highest BCUT2D eigenvalue weighted by atomic mass is 79.9. The molecule has 0 aliphatic heterocycles. The largest absolute Gasteiger partial charge is 0.118 e. The number of hydrogen-bond acceptors (Lipinski definition) is 0. The number of hydrogen-bond donors (Lipinski definition) is 0. The van der Waals surface area contributed by atoms with Crippen molar-refractivity contribution >= 4 is 39.1 Å². The molecule has 2 unspecified atom stereocenters. The van der Waals surface area contributed by atoms with Crippen LogP contribution in [0.2, 0.25) is 0 Å². The van der Waals surface area contributed by atoms with Gasteiger partial charge in [0.1, 0.15) is 0 Å². The maximum atomic E-state index is 6.42. The highest BCUT2D eigenvalue weighted by molar-refractivity contribution is 9.10. The normalized spacial score (nSPS) is 14.2. The van der Waals surface area contributed by atoms with Gasteiger partial charge in [0.25, 0.3) is 0 Å². The van der Waals surface area contributed by atoms with Crippen LogP contribution < -0.4 is 0 Å². The molecule has 0 saturated carbocycles. The first-order valence-electron chi connectivity index (χ1n) is 5.75. The molecule has 2 aromatic carbocycles. The number of halogens is 3. The minimum atomic E-state index is -0.0785. The van der Waals surface area contributed by atoms with Gasteiger partial charge in [-0.25, -0.2) is 0 Å². The molecule has 0 amide bonds. The van der Waals surface area contributed by atoms with Crippen molar-refractivity contribution in [3.63, 3.8) is 0 Å². The Balaban J connectivity index is 2.05. The van der Waals surface area contributed by atoms with Crippen molar-refractivity contribution in [1.29, 1.82) is 0 Å². The smallest absolute Gasteiger partial charge is 0.0602 e. The first kappa shape index (κ1) is 13.9. The zero-order valence-corrected chi connectivity index (χ0v) is 12.8. The molecule has 0 spiro atoms. The minimum absolute atomic E-state index is 0.0623. The molecule has 0 N–H and O–H groups in total. The Morgan fingerprint density at radius 2 is 1.44 bits per heavy atom. The molecule has 2 rings (SSSR count). The second kappa shape index (κ2) is 6.60. The Hall–Kier alpha value is -0.500. The van der Waals surface area contributed by atoms with Crippen LogP contribution in [0.3, 0.4) is 0 Å². The predicted molar refractivity (Wildman–Crippen MR) is 82.4 cm³/mol. The summed E-state index contributed by atoms with van der Waals surface area (Å²) >= 11 is 16.3.